The highest BCUT2D eigenvalue weighted by Gasteiger charge is 2.56. The molecular formula is C18H21N3O6. The molecule has 1 aliphatic carbocycles. The van der Waals surface area contributed by atoms with Gasteiger partial charge in [-0.05, 0) is 49.9 Å². The molecule has 1 aliphatic heterocycles. The Balaban J connectivity index is 1.47. The first-order chi connectivity index (χ1) is 12.8. The number of amides is 4. The lowest BCUT2D eigenvalue weighted by Crippen LogP contribution is -2.46. The molecule has 1 atom stereocenters. The van der Waals surface area contributed by atoms with Crippen molar-refractivity contribution in [3.8, 4) is 5.75 Å². The Bertz CT molecular complexity index is 774. The molecule has 2 fully saturated rings. The molecule has 1 saturated carbocycles. The molecule has 9 nitrogen and oxygen atoms in total. The number of methoxy groups -OCH3 is 1. The third-order valence-electron chi connectivity index (χ3n) is 4.72. The Morgan fingerprint density at radius 2 is 1.93 bits per heavy atom. The summed E-state index contributed by atoms with van der Waals surface area (Å²) in [5.41, 5.74) is -0.436. The largest absolute Gasteiger partial charge is 0.497 e. The predicted molar refractivity (Wildman–Crippen MR) is 94.0 cm³/mol. The van der Waals surface area contributed by atoms with Crippen molar-refractivity contribution in [2.75, 3.05) is 25.6 Å². The van der Waals surface area contributed by atoms with E-state index in [-0.39, 0.29) is 5.92 Å². The van der Waals surface area contributed by atoms with Gasteiger partial charge in [0, 0.05) is 5.69 Å². The van der Waals surface area contributed by atoms with Crippen molar-refractivity contribution >= 4 is 29.5 Å². The molecule has 2 aliphatic rings. The van der Waals surface area contributed by atoms with Gasteiger partial charge < -0.3 is 20.1 Å². The van der Waals surface area contributed by atoms with Gasteiger partial charge in [0.2, 0.25) is 0 Å². The molecule has 1 saturated heterocycles. The van der Waals surface area contributed by atoms with Crippen LogP contribution in [0, 0.1) is 5.92 Å². The van der Waals surface area contributed by atoms with E-state index in [0.717, 1.165) is 17.7 Å². The molecule has 3 rings (SSSR count). The SMILES string of the molecule is COc1ccc(NC(=O)COC(=O)CN2C(=O)N[C@](C)(C3CC3)C2=O)cc1. The maximum Gasteiger partial charge on any atom is 0.326 e. The zero-order chi connectivity index (χ0) is 19.6. The minimum absolute atomic E-state index is 0.102. The monoisotopic (exact) mass is 375 g/mol. The van der Waals surface area contributed by atoms with Gasteiger partial charge in [-0.15, -0.1) is 0 Å². The first-order valence-corrected chi connectivity index (χ1v) is 8.57. The summed E-state index contributed by atoms with van der Waals surface area (Å²) in [7, 11) is 1.53. The summed E-state index contributed by atoms with van der Waals surface area (Å²) in [5, 5.41) is 5.21. The first-order valence-electron chi connectivity index (χ1n) is 8.57. The highest BCUT2D eigenvalue weighted by atomic mass is 16.5. The van der Waals surface area contributed by atoms with Gasteiger partial charge in [-0.2, -0.15) is 0 Å². The molecule has 0 bridgehead atoms. The summed E-state index contributed by atoms with van der Waals surface area (Å²) in [6, 6.07) is 6.02. The fourth-order valence-corrected chi connectivity index (χ4v) is 2.99. The first kappa shape index (κ1) is 18.7. The third-order valence-corrected chi connectivity index (χ3v) is 4.72. The molecule has 0 radical (unpaired) electrons. The summed E-state index contributed by atoms with van der Waals surface area (Å²) >= 11 is 0. The van der Waals surface area contributed by atoms with Crippen LogP contribution >= 0.6 is 0 Å². The zero-order valence-electron chi connectivity index (χ0n) is 15.1. The topological polar surface area (TPSA) is 114 Å². The summed E-state index contributed by atoms with van der Waals surface area (Å²) in [4.78, 5) is 49.1. The normalized spacial score (nSPS) is 21.6. The van der Waals surface area contributed by atoms with Gasteiger partial charge in [0.25, 0.3) is 11.8 Å². The van der Waals surface area contributed by atoms with Crippen LogP contribution in [-0.4, -0.2) is 54.5 Å². The molecule has 1 aromatic carbocycles. The lowest BCUT2D eigenvalue weighted by molar-refractivity contribution is -0.150. The Hall–Kier alpha value is -3.10. The van der Waals surface area contributed by atoms with Crippen LogP contribution in [0.25, 0.3) is 0 Å². The molecule has 9 heteroatoms. The number of urea groups is 1. The van der Waals surface area contributed by atoms with Crippen LogP contribution in [0.15, 0.2) is 24.3 Å². The second-order valence-electron chi connectivity index (χ2n) is 6.74. The van der Waals surface area contributed by atoms with Crippen LogP contribution < -0.4 is 15.4 Å². The lowest BCUT2D eigenvalue weighted by Gasteiger charge is -2.20. The molecule has 0 aromatic heterocycles. The molecule has 1 heterocycles. The summed E-state index contributed by atoms with van der Waals surface area (Å²) < 4.78 is 9.89. The summed E-state index contributed by atoms with van der Waals surface area (Å²) in [5.74, 6) is -1.05. The number of carbonyl (C=O) groups excluding carboxylic acids is 4. The second kappa shape index (κ2) is 7.26. The van der Waals surface area contributed by atoms with Crippen molar-refractivity contribution in [3.05, 3.63) is 24.3 Å². The van der Waals surface area contributed by atoms with Gasteiger partial charge in [0.15, 0.2) is 6.61 Å². The fourth-order valence-electron chi connectivity index (χ4n) is 2.99. The summed E-state index contributed by atoms with van der Waals surface area (Å²) in [6.07, 6.45) is 1.73. The number of hydrogen-bond donors (Lipinski definition) is 2. The lowest BCUT2D eigenvalue weighted by atomic mass is 9.96. The van der Waals surface area contributed by atoms with E-state index in [1.807, 2.05) is 0 Å². The number of nitrogens with one attached hydrogen (secondary N) is 2. The second-order valence-corrected chi connectivity index (χ2v) is 6.74. The van der Waals surface area contributed by atoms with Gasteiger partial charge >= 0.3 is 12.0 Å². The average molecular weight is 375 g/mol. The van der Waals surface area contributed by atoms with Gasteiger partial charge in [0.05, 0.1) is 7.11 Å². The summed E-state index contributed by atoms with van der Waals surface area (Å²) in [6.45, 7) is 0.621. The van der Waals surface area contributed by atoms with E-state index >= 15 is 0 Å². The molecule has 27 heavy (non-hydrogen) atoms. The Labute approximate surface area is 156 Å². The maximum atomic E-state index is 12.4. The van der Waals surface area contributed by atoms with Gasteiger partial charge in [-0.25, -0.2) is 4.79 Å². The van der Waals surface area contributed by atoms with Crippen molar-refractivity contribution in [2.24, 2.45) is 5.92 Å². The van der Waals surface area contributed by atoms with Crippen LogP contribution in [0.2, 0.25) is 0 Å². The van der Waals surface area contributed by atoms with Crippen LogP contribution in [0.1, 0.15) is 19.8 Å². The average Bonchev–Trinajstić information content (AvgIpc) is 3.47. The van der Waals surface area contributed by atoms with Crippen LogP contribution in [0.4, 0.5) is 10.5 Å². The molecular weight excluding hydrogens is 354 g/mol. The van der Waals surface area contributed by atoms with Crippen molar-refractivity contribution in [2.45, 2.75) is 25.3 Å². The van der Waals surface area contributed by atoms with Gasteiger partial charge in [0.1, 0.15) is 17.8 Å². The van der Waals surface area contributed by atoms with E-state index in [9.17, 15) is 19.2 Å². The number of benzene rings is 1. The quantitative estimate of drug-likeness (QED) is 0.541. The van der Waals surface area contributed by atoms with E-state index in [1.165, 1.54) is 7.11 Å². The van der Waals surface area contributed by atoms with E-state index in [2.05, 4.69) is 10.6 Å². The molecule has 0 unspecified atom stereocenters. The number of hydrogen-bond acceptors (Lipinski definition) is 6. The van der Waals surface area contributed by atoms with E-state index in [4.69, 9.17) is 9.47 Å². The fraction of sp³-hybridized carbons (Fsp3) is 0.444. The van der Waals surface area contributed by atoms with Crippen molar-refractivity contribution in [3.63, 3.8) is 0 Å². The Kier molecular flexibility index (Phi) is 5.02. The highest BCUT2D eigenvalue weighted by Crippen LogP contribution is 2.42. The number of rotatable bonds is 7. The van der Waals surface area contributed by atoms with Gasteiger partial charge in [-0.3, -0.25) is 19.3 Å². The minimum atomic E-state index is -0.955. The molecule has 0 spiro atoms. The van der Waals surface area contributed by atoms with E-state index < -0.39 is 42.5 Å². The van der Waals surface area contributed by atoms with Crippen LogP contribution in [-0.2, 0) is 19.1 Å². The number of carbonyl (C=O) groups is 4. The Morgan fingerprint density at radius 1 is 1.26 bits per heavy atom. The van der Waals surface area contributed by atoms with Gasteiger partial charge in [-0.1, -0.05) is 0 Å². The van der Waals surface area contributed by atoms with E-state index in [1.54, 1.807) is 31.2 Å². The maximum absolute atomic E-state index is 12.4. The van der Waals surface area contributed by atoms with E-state index in [0.29, 0.717) is 11.4 Å². The number of anilines is 1. The predicted octanol–water partition coefficient (Wildman–Crippen LogP) is 0.897. The standard InChI is InChI=1S/C18H21N3O6/c1-18(11-3-4-11)16(24)21(17(25)20-18)9-15(23)27-10-14(22)19-12-5-7-13(26-2)8-6-12/h5-8,11H,3-4,9-10H2,1-2H3,(H,19,22)(H,20,25)/t18-/m1/s1. The molecule has 4 amide bonds. The Morgan fingerprint density at radius 3 is 2.52 bits per heavy atom. The number of imide groups is 1. The van der Waals surface area contributed by atoms with Crippen LogP contribution in [0.5, 0.6) is 5.75 Å². The zero-order valence-corrected chi connectivity index (χ0v) is 15.1. The van der Waals surface area contributed by atoms with Crippen molar-refractivity contribution in [1.82, 2.24) is 10.2 Å². The minimum Gasteiger partial charge on any atom is -0.497 e. The third kappa shape index (κ3) is 4.02. The van der Waals surface area contributed by atoms with Crippen LogP contribution in [0.3, 0.4) is 0 Å². The van der Waals surface area contributed by atoms with Crippen molar-refractivity contribution in [1.29, 1.82) is 0 Å². The smallest absolute Gasteiger partial charge is 0.326 e. The van der Waals surface area contributed by atoms with Crippen molar-refractivity contribution < 1.29 is 28.7 Å². The number of nitrogens with zero attached hydrogens (tertiary/aromatic N) is 1. The number of ether oxygens (including phenoxy) is 2. The molecule has 1 aromatic rings. The number of esters is 1. The molecule has 144 valence electrons. The molecule has 2 N–H and O–H groups in total. The highest BCUT2D eigenvalue weighted by molar-refractivity contribution is 6.09.